The first-order valence-electron chi connectivity index (χ1n) is 6.88. The molecule has 3 nitrogen and oxygen atoms in total. The van der Waals surface area contributed by atoms with Gasteiger partial charge < -0.3 is 4.74 Å². The maximum absolute atomic E-state index is 13.6. The van der Waals surface area contributed by atoms with E-state index < -0.39 is 6.49 Å². The van der Waals surface area contributed by atoms with Crippen LogP contribution < -0.4 is 4.67 Å². The van der Waals surface area contributed by atoms with E-state index in [-0.39, 0.29) is 11.9 Å². The Morgan fingerprint density at radius 1 is 1.00 bits per heavy atom. The highest BCUT2D eigenvalue weighted by Gasteiger charge is 2.53. The van der Waals surface area contributed by atoms with Crippen molar-refractivity contribution in [3.8, 4) is 0 Å². The summed E-state index contributed by atoms with van der Waals surface area (Å²) in [4.78, 5) is 0. The third-order valence-corrected chi connectivity index (χ3v) is 8.95. The van der Waals surface area contributed by atoms with Crippen LogP contribution in [0.5, 0.6) is 0 Å². The minimum atomic E-state index is -2.74. The van der Waals surface area contributed by atoms with Gasteiger partial charge >= 0.3 is 0 Å². The molecular formula is C16H18NO2PS. The second-order valence-electron chi connectivity index (χ2n) is 4.96. The van der Waals surface area contributed by atoms with Gasteiger partial charge in [-0.3, -0.25) is 9.24 Å². The molecule has 21 heavy (non-hydrogen) atoms. The molecule has 0 saturated carbocycles. The summed E-state index contributed by atoms with van der Waals surface area (Å²) in [5, 5.41) is 0. The third-order valence-electron chi connectivity index (χ3n) is 3.54. The molecule has 110 valence electrons. The van der Waals surface area contributed by atoms with E-state index in [4.69, 9.17) is 4.74 Å². The first-order valence-corrected chi connectivity index (χ1v) is 10.4. The lowest BCUT2D eigenvalue weighted by atomic mass is 10.3. The van der Waals surface area contributed by atoms with Crippen molar-refractivity contribution in [3.63, 3.8) is 0 Å². The summed E-state index contributed by atoms with van der Waals surface area (Å²) >= 11 is 1.40. The molecule has 0 aromatic heterocycles. The van der Waals surface area contributed by atoms with Crippen molar-refractivity contribution in [1.82, 2.24) is 0 Å². The highest BCUT2D eigenvalue weighted by atomic mass is 32.7. The summed E-state index contributed by atoms with van der Waals surface area (Å²) in [6.07, 6.45) is 1.95. The zero-order valence-corrected chi connectivity index (χ0v) is 13.8. The first kappa shape index (κ1) is 14.7. The molecule has 2 aromatic carbocycles. The normalized spacial score (nSPS) is 23.3. The van der Waals surface area contributed by atoms with E-state index in [1.54, 1.807) is 0 Å². The van der Waals surface area contributed by atoms with Crippen LogP contribution in [-0.4, -0.2) is 18.2 Å². The van der Waals surface area contributed by atoms with Crippen molar-refractivity contribution >= 4 is 29.3 Å². The van der Waals surface area contributed by atoms with Gasteiger partial charge in [0.15, 0.2) is 5.85 Å². The predicted octanol–water partition coefficient (Wildman–Crippen LogP) is 5.13. The fraction of sp³-hybridized carbons (Fsp3) is 0.250. The van der Waals surface area contributed by atoms with Crippen molar-refractivity contribution in [1.29, 1.82) is 0 Å². The van der Waals surface area contributed by atoms with Crippen LogP contribution in [0.3, 0.4) is 0 Å². The van der Waals surface area contributed by atoms with Crippen molar-refractivity contribution in [3.05, 3.63) is 60.7 Å². The Kier molecular flexibility index (Phi) is 4.12. The zero-order chi connectivity index (χ0) is 14.9. The topological polar surface area (TPSA) is 32.8 Å². The van der Waals surface area contributed by atoms with Crippen LogP contribution >= 0.6 is 17.9 Å². The minimum absolute atomic E-state index is 0.0539. The van der Waals surface area contributed by atoms with Gasteiger partial charge in [-0.05, 0) is 37.4 Å². The maximum atomic E-state index is 13.6. The second-order valence-corrected chi connectivity index (χ2v) is 10.0. The Morgan fingerprint density at radius 2 is 1.43 bits per heavy atom. The van der Waals surface area contributed by atoms with Gasteiger partial charge in [0.1, 0.15) is 0 Å². The third kappa shape index (κ3) is 2.76. The first-order chi connectivity index (χ1) is 10.2. The molecule has 0 aliphatic carbocycles. The molecule has 0 N–H and O–H groups in total. The highest BCUT2D eigenvalue weighted by molar-refractivity contribution is 8.58. The molecular weight excluding hydrogens is 301 g/mol. The van der Waals surface area contributed by atoms with E-state index >= 15 is 0 Å². The number of hydrogen-bond acceptors (Lipinski definition) is 3. The van der Waals surface area contributed by atoms with Gasteiger partial charge in [-0.25, -0.2) is 0 Å². The summed E-state index contributed by atoms with van der Waals surface area (Å²) in [6.45, 7) is -0.769. The van der Waals surface area contributed by atoms with E-state index in [2.05, 4.69) is 0 Å². The molecule has 0 spiro atoms. The largest absolute Gasteiger partial charge is 0.359 e. The summed E-state index contributed by atoms with van der Waals surface area (Å²) in [7, 11) is 0. The Hall–Kier alpha value is -1.22. The minimum Gasteiger partial charge on any atom is -0.359 e. The van der Waals surface area contributed by atoms with E-state index in [1.165, 1.54) is 11.4 Å². The molecule has 1 saturated heterocycles. The van der Waals surface area contributed by atoms with Crippen LogP contribution in [0.1, 0.15) is 6.92 Å². The second kappa shape index (κ2) is 5.88. The number of benzene rings is 2. The number of anilines is 2. The number of nitrogens with zero attached hydrogens (tertiary/aromatic N) is 1. The van der Waals surface area contributed by atoms with Gasteiger partial charge in [-0.2, -0.15) is 0 Å². The van der Waals surface area contributed by atoms with E-state index in [0.29, 0.717) is 0 Å². The summed E-state index contributed by atoms with van der Waals surface area (Å²) < 4.78 is 21.1. The number of rotatable bonds is 5. The Morgan fingerprint density at radius 3 is 1.76 bits per heavy atom. The molecule has 1 aliphatic heterocycles. The summed E-state index contributed by atoms with van der Waals surface area (Å²) in [6, 6.07) is 19.7. The fourth-order valence-corrected chi connectivity index (χ4v) is 7.15. The van der Waals surface area contributed by atoms with E-state index in [9.17, 15) is 4.57 Å². The lowest BCUT2D eigenvalue weighted by molar-refractivity contribution is 0.407. The lowest BCUT2D eigenvalue weighted by Crippen LogP contribution is -2.15. The van der Waals surface area contributed by atoms with Crippen LogP contribution in [0.2, 0.25) is 0 Å². The molecule has 3 atom stereocenters. The van der Waals surface area contributed by atoms with Gasteiger partial charge in [0.05, 0.1) is 6.10 Å². The van der Waals surface area contributed by atoms with Crippen LogP contribution in [0.4, 0.5) is 11.4 Å². The van der Waals surface area contributed by atoms with Crippen LogP contribution in [0, 0.1) is 0 Å². The Bertz CT molecular complexity index is 610. The Labute approximate surface area is 129 Å². The maximum Gasteiger partial charge on any atom is 0.260 e. The fourth-order valence-electron chi connectivity index (χ4n) is 2.43. The van der Waals surface area contributed by atoms with Gasteiger partial charge in [-0.1, -0.05) is 47.8 Å². The average Bonchev–Trinajstić information content (AvgIpc) is 3.27. The Balaban J connectivity index is 2.11. The smallest absolute Gasteiger partial charge is 0.260 e. The van der Waals surface area contributed by atoms with Gasteiger partial charge in [-0.15, -0.1) is 0 Å². The van der Waals surface area contributed by atoms with Crippen molar-refractivity contribution < 1.29 is 9.30 Å². The molecule has 1 fully saturated rings. The highest BCUT2D eigenvalue weighted by Crippen LogP contribution is 2.72. The number of hydrogen-bond donors (Lipinski definition) is 0. The molecule has 1 heterocycles. The molecule has 3 rings (SSSR count). The number of ether oxygens (including phenoxy) is 1. The predicted molar refractivity (Wildman–Crippen MR) is 90.5 cm³/mol. The SMILES string of the molecule is CSP(=O)([C@@H]1O[C@@H]1C)N(c1ccccc1)c1ccccc1. The summed E-state index contributed by atoms with van der Waals surface area (Å²) in [5.74, 6) is -0.201. The van der Waals surface area contributed by atoms with E-state index in [1.807, 2.05) is 78.5 Å². The van der Waals surface area contributed by atoms with Gasteiger partial charge in [0.25, 0.3) is 6.49 Å². The number of epoxide rings is 1. The van der Waals surface area contributed by atoms with Crippen LogP contribution in [-0.2, 0) is 9.30 Å². The average molecular weight is 319 g/mol. The van der Waals surface area contributed by atoms with Crippen molar-refractivity contribution in [2.45, 2.75) is 18.9 Å². The van der Waals surface area contributed by atoms with Crippen molar-refractivity contribution in [2.24, 2.45) is 0 Å². The van der Waals surface area contributed by atoms with Crippen LogP contribution in [0.15, 0.2) is 60.7 Å². The van der Waals surface area contributed by atoms with Crippen LogP contribution in [0.25, 0.3) is 0 Å². The molecule has 0 amide bonds. The molecule has 0 bridgehead atoms. The zero-order valence-electron chi connectivity index (χ0n) is 12.0. The molecule has 2 aromatic rings. The molecule has 0 radical (unpaired) electrons. The monoisotopic (exact) mass is 319 g/mol. The standard InChI is InChI=1S/C16H18NO2PS/c1-13-16(19-13)20(18,21-2)17(14-9-5-3-6-10-14)15-11-7-4-8-12-15/h3-13,16H,1-2H3/t13-,16+,20?/m1/s1. The van der Waals surface area contributed by atoms with E-state index in [0.717, 1.165) is 11.4 Å². The molecule has 5 heteroatoms. The van der Waals surface area contributed by atoms with Gasteiger partial charge in [0, 0.05) is 11.4 Å². The molecule has 1 unspecified atom stereocenters. The lowest BCUT2D eigenvalue weighted by Gasteiger charge is -2.31. The quantitative estimate of drug-likeness (QED) is 0.565. The molecule has 1 aliphatic rings. The van der Waals surface area contributed by atoms with Gasteiger partial charge in [0.2, 0.25) is 0 Å². The summed E-state index contributed by atoms with van der Waals surface area (Å²) in [5.41, 5.74) is 1.87. The van der Waals surface area contributed by atoms with Crippen molar-refractivity contribution in [2.75, 3.05) is 10.9 Å². The number of para-hydroxylation sites is 2.